The van der Waals surface area contributed by atoms with Gasteiger partial charge in [-0.15, -0.1) is 0 Å². The van der Waals surface area contributed by atoms with E-state index in [0.29, 0.717) is 0 Å². The molecule has 0 saturated carbocycles. The number of aliphatic imine (C=N–C) groups is 1. The van der Waals surface area contributed by atoms with Gasteiger partial charge in [0.15, 0.2) is 0 Å². The van der Waals surface area contributed by atoms with Crippen molar-refractivity contribution in [2.24, 2.45) is 4.99 Å². The fraction of sp³-hybridized carbons (Fsp3) is 0.316. The van der Waals surface area contributed by atoms with Gasteiger partial charge in [-0.1, -0.05) is 36.9 Å². The molecule has 0 unspecified atom stereocenters. The molecule has 0 bridgehead atoms. The van der Waals surface area contributed by atoms with E-state index in [0.717, 1.165) is 29.0 Å². The summed E-state index contributed by atoms with van der Waals surface area (Å²) in [6, 6.07) is 8.53. The second-order valence-corrected chi connectivity index (χ2v) is 5.37. The maximum absolute atomic E-state index is 4.26. The Hall–Kier alpha value is -1.93. The smallest absolute Gasteiger partial charge is 0.0386 e. The molecule has 0 atom stereocenters. The highest BCUT2D eigenvalue weighted by atomic mass is 15.0. The third-order valence-electron chi connectivity index (χ3n) is 3.23. The van der Waals surface area contributed by atoms with Gasteiger partial charge in [-0.05, 0) is 62.4 Å². The maximum atomic E-state index is 4.26. The van der Waals surface area contributed by atoms with Crippen molar-refractivity contribution in [3.05, 3.63) is 65.8 Å². The van der Waals surface area contributed by atoms with Gasteiger partial charge >= 0.3 is 0 Å². The monoisotopic (exact) mass is 282 g/mol. The Balaban J connectivity index is 3.07. The van der Waals surface area contributed by atoms with Crippen LogP contribution in [0.15, 0.2) is 59.6 Å². The molecule has 21 heavy (non-hydrogen) atoms. The average molecular weight is 282 g/mol. The van der Waals surface area contributed by atoms with Gasteiger partial charge in [0.25, 0.3) is 0 Å². The normalized spacial score (nSPS) is 13.2. The van der Waals surface area contributed by atoms with Crippen LogP contribution in [0.1, 0.15) is 25.0 Å². The van der Waals surface area contributed by atoms with Gasteiger partial charge in [0.05, 0.1) is 0 Å². The summed E-state index contributed by atoms with van der Waals surface area (Å²) >= 11 is 0. The first-order chi connectivity index (χ1) is 9.97. The minimum Gasteiger partial charge on any atom is -0.305 e. The Kier molecular flexibility index (Phi) is 6.83. The van der Waals surface area contributed by atoms with E-state index in [9.17, 15) is 0 Å². The van der Waals surface area contributed by atoms with E-state index in [2.05, 4.69) is 67.0 Å². The van der Waals surface area contributed by atoms with Gasteiger partial charge in [0.1, 0.15) is 0 Å². The predicted molar refractivity (Wildman–Crippen MR) is 94.8 cm³/mol. The molecule has 0 amide bonds. The maximum Gasteiger partial charge on any atom is 0.0386 e. The van der Waals surface area contributed by atoms with E-state index < -0.39 is 0 Å². The first-order valence-corrected chi connectivity index (χ1v) is 7.19. The van der Waals surface area contributed by atoms with Crippen LogP contribution in [0.3, 0.4) is 0 Å². The topological polar surface area (TPSA) is 15.6 Å². The third kappa shape index (κ3) is 5.52. The van der Waals surface area contributed by atoms with Crippen LogP contribution in [-0.2, 0) is 6.54 Å². The summed E-state index contributed by atoms with van der Waals surface area (Å²) in [6.07, 6.45) is 6.19. The fourth-order valence-corrected chi connectivity index (χ4v) is 2.09. The highest BCUT2D eigenvalue weighted by Crippen LogP contribution is 2.19. The van der Waals surface area contributed by atoms with Crippen molar-refractivity contribution in [2.45, 2.75) is 20.4 Å². The van der Waals surface area contributed by atoms with E-state index in [-0.39, 0.29) is 0 Å². The van der Waals surface area contributed by atoms with Crippen LogP contribution in [0.5, 0.6) is 0 Å². The summed E-state index contributed by atoms with van der Waals surface area (Å²) in [5.41, 5.74) is 5.56. The summed E-state index contributed by atoms with van der Waals surface area (Å²) in [4.78, 5) is 6.42. The average Bonchev–Trinajstić information content (AvgIpc) is 2.45. The van der Waals surface area contributed by atoms with Crippen molar-refractivity contribution >= 4 is 11.3 Å². The zero-order valence-corrected chi connectivity index (χ0v) is 13.9. The van der Waals surface area contributed by atoms with E-state index in [4.69, 9.17) is 0 Å². The molecule has 1 aromatic carbocycles. The molecule has 0 aliphatic carbocycles. The molecule has 112 valence electrons. The van der Waals surface area contributed by atoms with Crippen LogP contribution in [0.25, 0.3) is 5.57 Å². The Morgan fingerprint density at radius 3 is 2.62 bits per heavy atom. The number of nitrogens with zero attached hydrogens (tertiary/aromatic N) is 2. The van der Waals surface area contributed by atoms with E-state index in [1.807, 2.05) is 27.0 Å². The Morgan fingerprint density at radius 2 is 2.05 bits per heavy atom. The summed E-state index contributed by atoms with van der Waals surface area (Å²) in [7, 11) is 5.96. The standard InChI is InChI=1S/C19H26N2/c1-7-9-19(16(3)20-4)12-15(2)18-11-8-10-17(13-18)14-21(5)6/h7-13H,2,14H2,1,3-6H3/b9-7-,19-12+,20-16?. The van der Waals surface area contributed by atoms with Crippen molar-refractivity contribution in [3.8, 4) is 0 Å². The molecule has 0 N–H and O–H groups in total. The zero-order chi connectivity index (χ0) is 15.8. The molecule has 0 aromatic heterocycles. The minimum atomic E-state index is 0.933. The summed E-state index contributed by atoms with van der Waals surface area (Å²) in [5, 5.41) is 0. The number of benzene rings is 1. The highest BCUT2D eigenvalue weighted by molar-refractivity contribution is 6.02. The van der Waals surface area contributed by atoms with Crippen molar-refractivity contribution in [1.82, 2.24) is 4.90 Å². The number of hydrogen-bond acceptors (Lipinski definition) is 2. The zero-order valence-electron chi connectivity index (χ0n) is 13.9. The molecule has 0 spiro atoms. The molecule has 0 saturated heterocycles. The third-order valence-corrected chi connectivity index (χ3v) is 3.23. The van der Waals surface area contributed by atoms with E-state index >= 15 is 0 Å². The molecule has 0 aliphatic rings. The quantitative estimate of drug-likeness (QED) is 0.559. The number of hydrogen-bond donors (Lipinski definition) is 0. The molecule has 1 aromatic rings. The lowest BCUT2D eigenvalue weighted by molar-refractivity contribution is 0.402. The Morgan fingerprint density at radius 1 is 1.33 bits per heavy atom. The first-order valence-electron chi connectivity index (χ1n) is 7.19. The summed E-state index contributed by atoms with van der Waals surface area (Å²) in [6.45, 7) is 9.16. The lowest BCUT2D eigenvalue weighted by atomic mass is 10.0. The Bertz CT molecular complexity index is 575. The second kappa shape index (κ2) is 8.38. The van der Waals surface area contributed by atoms with Crippen LogP contribution < -0.4 is 0 Å². The number of allylic oxidation sites excluding steroid dienone is 5. The van der Waals surface area contributed by atoms with Gasteiger partial charge in [0.2, 0.25) is 0 Å². The SMILES string of the molecule is C=C(/C=C(\C=C/C)C(C)=NC)c1cccc(CN(C)C)c1. The van der Waals surface area contributed by atoms with E-state index in [1.54, 1.807) is 0 Å². The molecule has 2 heteroatoms. The highest BCUT2D eigenvalue weighted by Gasteiger charge is 2.02. The van der Waals surface area contributed by atoms with Gasteiger partial charge < -0.3 is 4.90 Å². The Labute approximate surface area is 129 Å². The molecule has 0 fully saturated rings. The van der Waals surface area contributed by atoms with Crippen molar-refractivity contribution in [1.29, 1.82) is 0 Å². The molecule has 1 rings (SSSR count). The first kappa shape index (κ1) is 17.1. The lowest BCUT2D eigenvalue weighted by Gasteiger charge is -2.11. The minimum absolute atomic E-state index is 0.933. The van der Waals surface area contributed by atoms with Gasteiger partial charge in [-0.2, -0.15) is 0 Å². The fourth-order valence-electron chi connectivity index (χ4n) is 2.09. The largest absolute Gasteiger partial charge is 0.305 e. The van der Waals surface area contributed by atoms with Crippen LogP contribution in [0.2, 0.25) is 0 Å². The lowest BCUT2D eigenvalue weighted by Crippen LogP contribution is -2.10. The van der Waals surface area contributed by atoms with Gasteiger partial charge in [-0.25, -0.2) is 0 Å². The van der Waals surface area contributed by atoms with Crippen LogP contribution in [0.4, 0.5) is 0 Å². The van der Waals surface area contributed by atoms with Crippen LogP contribution in [-0.4, -0.2) is 31.8 Å². The van der Waals surface area contributed by atoms with Crippen LogP contribution >= 0.6 is 0 Å². The predicted octanol–water partition coefficient (Wildman–Crippen LogP) is 4.35. The van der Waals surface area contributed by atoms with Crippen molar-refractivity contribution < 1.29 is 0 Å². The summed E-state index contributed by atoms with van der Waals surface area (Å²) in [5.74, 6) is 0. The van der Waals surface area contributed by atoms with Gasteiger partial charge in [-0.3, -0.25) is 4.99 Å². The van der Waals surface area contributed by atoms with Gasteiger partial charge in [0, 0.05) is 19.3 Å². The molecule has 2 nitrogen and oxygen atoms in total. The molecular formula is C19H26N2. The van der Waals surface area contributed by atoms with E-state index in [1.165, 1.54) is 5.56 Å². The van der Waals surface area contributed by atoms with Crippen molar-refractivity contribution in [3.63, 3.8) is 0 Å². The molecule has 0 heterocycles. The molecule has 0 radical (unpaired) electrons. The molecular weight excluding hydrogens is 256 g/mol. The molecule has 0 aliphatic heterocycles. The number of rotatable bonds is 6. The second-order valence-electron chi connectivity index (χ2n) is 5.37. The van der Waals surface area contributed by atoms with Crippen molar-refractivity contribution in [2.75, 3.05) is 21.1 Å². The summed E-state index contributed by atoms with van der Waals surface area (Å²) < 4.78 is 0. The van der Waals surface area contributed by atoms with Crippen LogP contribution in [0, 0.1) is 0 Å².